The van der Waals surface area contributed by atoms with Crippen molar-refractivity contribution in [2.75, 3.05) is 6.54 Å². The van der Waals surface area contributed by atoms with Crippen molar-refractivity contribution in [3.8, 4) is 0 Å². The molecule has 0 aliphatic carbocycles. The number of hydrogen-bond donors (Lipinski definition) is 1. The molecule has 1 aromatic rings. The van der Waals surface area contributed by atoms with Gasteiger partial charge in [-0.2, -0.15) is 0 Å². The van der Waals surface area contributed by atoms with Crippen LogP contribution in [0.25, 0.3) is 6.08 Å². The van der Waals surface area contributed by atoms with Crippen molar-refractivity contribution >= 4 is 6.08 Å². The summed E-state index contributed by atoms with van der Waals surface area (Å²) in [7, 11) is 0. The molecule has 0 aliphatic rings. The van der Waals surface area contributed by atoms with Crippen molar-refractivity contribution in [1.29, 1.82) is 0 Å². The monoisotopic (exact) mass is 211 g/mol. The van der Waals surface area contributed by atoms with Crippen molar-refractivity contribution in [1.82, 2.24) is 5.32 Å². The van der Waals surface area contributed by atoms with Crippen LogP contribution in [0.1, 0.15) is 19.4 Å². The maximum Gasteiger partial charge on any atom is 0.166 e. The predicted molar refractivity (Wildman–Crippen MR) is 58.5 cm³/mol. The van der Waals surface area contributed by atoms with Gasteiger partial charge in [0.25, 0.3) is 0 Å². The highest BCUT2D eigenvalue weighted by atomic mass is 19.2. The lowest BCUT2D eigenvalue weighted by Gasteiger charge is -2.03. The fourth-order valence-electron chi connectivity index (χ4n) is 1.14. The molecule has 0 fully saturated rings. The molecule has 1 N–H and O–H groups in total. The summed E-state index contributed by atoms with van der Waals surface area (Å²) in [5, 5.41) is 3.15. The molecule has 0 spiro atoms. The minimum absolute atomic E-state index is 0.278. The lowest BCUT2D eigenvalue weighted by Crippen LogP contribution is -2.22. The Bertz CT molecular complexity index is 345. The lowest BCUT2D eigenvalue weighted by atomic mass is 10.2. The second-order valence-electron chi connectivity index (χ2n) is 3.61. The Morgan fingerprint density at radius 2 is 2.07 bits per heavy atom. The van der Waals surface area contributed by atoms with E-state index in [0.29, 0.717) is 12.6 Å². The number of halogens is 2. The molecular weight excluding hydrogens is 196 g/mol. The van der Waals surface area contributed by atoms with E-state index < -0.39 is 11.6 Å². The molecule has 0 bridgehead atoms. The van der Waals surface area contributed by atoms with Gasteiger partial charge in [0, 0.05) is 18.2 Å². The van der Waals surface area contributed by atoms with Crippen LogP contribution in [0.15, 0.2) is 24.3 Å². The van der Waals surface area contributed by atoms with Gasteiger partial charge in [0.05, 0.1) is 0 Å². The number of rotatable bonds is 4. The summed E-state index contributed by atoms with van der Waals surface area (Å²) in [4.78, 5) is 0. The van der Waals surface area contributed by atoms with E-state index in [1.165, 1.54) is 6.07 Å². The molecule has 0 saturated carbocycles. The molecule has 0 heterocycles. The number of nitrogens with one attached hydrogen (secondary N) is 1. The Labute approximate surface area is 88.8 Å². The van der Waals surface area contributed by atoms with Gasteiger partial charge in [-0.1, -0.05) is 38.1 Å². The normalized spacial score (nSPS) is 11.5. The zero-order valence-electron chi connectivity index (χ0n) is 8.93. The van der Waals surface area contributed by atoms with Gasteiger partial charge in [0.15, 0.2) is 11.6 Å². The third-order valence-corrected chi connectivity index (χ3v) is 1.92. The summed E-state index contributed by atoms with van der Waals surface area (Å²) in [6, 6.07) is 4.53. The first-order valence-corrected chi connectivity index (χ1v) is 4.95. The Morgan fingerprint density at radius 1 is 1.33 bits per heavy atom. The van der Waals surface area contributed by atoms with Gasteiger partial charge in [-0.05, 0) is 6.07 Å². The molecule has 0 atom stereocenters. The summed E-state index contributed by atoms with van der Waals surface area (Å²) in [6.45, 7) is 4.70. The highest BCUT2D eigenvalue weighted by molar-refractivity contribution is 5.50. The van der Waals surface area contributed by atoms with Crippen LogP contribution in [-0.2, 0) is 0 Å². The van der Waals surface area contributed by atoms with Crippen LogP contribution in [0.5, 0.6) is 0 Å². The Hall–Kier alpha value is -1.22. The summed E-state index contributed by atoms with van der Waals surface area (Å²) in [6.07, 6.45) is 3.35. The third-order valence-electron chi connectivity index (χ3n) is 1.92. The van der Waals surface area contributed by atoms with E-state index in [0.717, 1.165) is 6.07 Å². The predicted octanol–water partition coefficient (Wildman–Crippen LogP) is 2.98. The van der Waals surface area contributed by atoms with Gasteiger partial charge in [0.2, 0.25) is 0 Å². The van der Waals surface area contributed by atoms with Crippen LogP contribution in [0.2, 0.25) is 0 Å². The van der Waals surface area contributed by atoms with Crippen molar-refractivity contribution in [2.45, 2.75) is 19.9 Å². The van der Waals surface area contributed by atoms with Crippen LogP contribution >= 0.6 is 0 Å². The summed E-state index contributed by atoms with van der Waals surface area (Å²) < 4.78 is 25.9. The standard InChI is InChI=1S/C12H15F2N/c1-9(2)15-8-4-6-10-5-3-7-11(13)12(10)14/h3-7,9,15H,8H2,1-2H3. The van der Waals surface area contributed by atoms with Crippen molar-refractivity contribution < 1.29 is 8.78 Å². The maximum atomic E-state index is 13.1. The molecule has 82 valence electrons. The largest absolute Gasteiger partial charge is 0.311 e. The Balaban J connectivity index is 2.60. The van der Waals surface area contributed by atoms with Gasteiger partial charge in [-0.3, -0.25) is 0 Å². The molecule has 0 radical (unpaired) electrons. The van der Waals surface area contributed by atoms with Crippen molar-refractivity contribution in [2.24, 2.45) is 0 Å². The first kappa shape index (κ1) is 11.9. The van der Waals surface area contributed by atoms with Crippen LogP contribution in [0.3, 0.4) is 0 Å². The van der Waals surface area contributed by atoms with E-state index in [4.69, 9.17) is 0 Å². The van der Waals surface area contributed by atoms with Crippen LogP contribution in [0, 0.1) is 11.6 Å². The highest BCUT2D eigenvalue weighted by Crippen LogP contribution is 2.12. The van der Waals surface area contributed by atoms with E-state index >= 15 is 0 Å². The maximum absolute atomic E-state index is 13.1. The Morgan fingerprint density at radius 3 is 2.73 bits per heavy atom. The molecule has 0 saturated heterocycles. The molecule has 3 heteroatoms. The molecule has 0 aliphatic heterocycles. The zero-order valence-corrected chi connectivity index (χ0v) is 8.93. The van der Waals surface area contributed by atoms with Gasteiger partial charge in [-0.15, -0.1) is 0 Å². The van der Waals surface area contributed by atoms with E-state index in [9.17, 15) is 8.78 Å². The van der Waals surface area contributed by atoms with E-state index in [1.54, 1.807) is 18.2 Å². The van der Waals surface area contributed by atoms with Crippen LogP contribution in [-0.4, -0.2) is 12.6 Å². The van der Waals surface area contributed by atoms with Crippen molar-refractivity contribution in [3.05, 3.63) is 41.5 Å². The average Bonchev–Trinajstić information content (AvgIpc) is 2.18. The van der Waals surface area contributed by atoms with Crippen LogP contribution < -0.4 is 5.32 Å². The zero-order chi connectivity index (χ0) is 11.3. The lowest BCUT2D eigenvalue weighted by molar-refractivity contribution is 0.507. The molecule has 0 unspecified atom stereocenters. The summed E-state index contributed by atoms with van der Waals surface area (Å²) in [5.74, 6) is -1.60. The highest BCUT2D eigenvalue weighted by Gasteiger charge is 2.03. The molecule has 1 rings (SSSR count). The van der Waals surface area contributed by atoms with E-state index in [-0.39, 0.29) is 5.56 Å². The fourth-order valence-corrected chi connectivity index (χ4v) is 1.14. The first-order valence-electron chi connectivity index (χ1n) is 4.95. The quantitative estimate of drug-likeness (QED) is 0.807. The topological polar surface area (TPSA) is 12.0 Å². The van der Waals surface area contributed by atoms with Gasteiger partial charge < -0.3 is 5.32 Å². The molecule has 15 heavy (non-hydrogen) atoms. The molecule has 1 aromatic carbocycles. The molecule has 0 amide bonds. The Kier molecular flexibility index (Phi) is 4.43. The fraction of sp³-hybridized carbons (Fsp3) is 0.333. The molecule has 0 aromatic heterocycles. The minimum atomic E-state index is -0.811. The van der Waals surface area contributed by atoms with E-state index in [2.05, 4.69) is 5.32 Å². The number of benzene rings is 1. The smallest absolute Gasteiger partial charge is 0.166 e. The SMILES string of the molecule is CC(C)NCC=Cc1cccc(F)c1F. The number of hydrogen-bond acceptors (Lipinski definition) is 1. The van der Waals surface area contributed by atoms with Gasteiger partial charge in [-0.25, -0.2) is 8.78 Å². The molecule has 1 nitrogen and oxygen atoms in total. The third kappa shape index (κ3) is 3.80. The van der Waals surface area contributed by atoms with Gasteiger partial charge in [0.1, 0.15) is 0 Å². The summed E-state index contributed by atoms with van der Waals surface area (Å²) >= 11 is 0. The first-order chi connectivity index (χ1) is 7.11. The van der Waals surface area contributed by atoms with Crippen molar-refractivity contribution in [3.63, 3.8) is 0 Å². The summed E-state index contributed by atoms with van der Waals surface area (Å²) in [5.41, 5.74) is 0.278. The average molecular weight is 211 g/mol. The second kappa shape index (κ2) is 5.61. The molecular formula is C12H15F2N. The van der Waals surface area contributed by atoms with Gasteiger partial charge >= 0.3 is 0 Å². The van der Waals surface area contributed by atoms with Crippen LogP contribution in [0.4, 0.5) is 8.78 Å². The minimum Gasteiger partial charge on any atom is -0.311 e. The van der Waals surface area contributed by atoms with E-state index in [1.807, 2.05) is 13.8 Å². The second-order valence-corrected chi connectivity index (χ2v) is 3.61.